The number of carboxylic acids is 1. The van der Waals surface area contributed by atoms with Crippen LogP contribution in [0.25, 0.3) is 0 Å². The van der Waals surface area contributed by atoms with Gasteiger partial charge in [0.1, 0.15) is 0 Å². The first-order valence-electron chi connectivity index (χ1n) is 7.61. The number of hydrogen-bond donors (Lipinski definition) is 2. The molecule has 1 saturated heterocycles. The normalized spacial score (nSPS) is 19.9. The summed E-state index contributed by atoms with van der Waals surface area (Å²) in [5, 5.41) is 11.3. The van der Waals surface area contributed by atoms with Crippen molar-refractivity contribution in [3.63, 3.8) is 0 Å². The Morgan fingerprint density at radius 2 is 1.88 bits per heavy atom. The molecule has 0 bridgehead atoms. The number of urea groups is 1. The van der Waals surface area contributed by atoms with Gasteiger partial charge in [-0.1, -0.05) is 12.1 Å². The van der Waals surface area contributed by atoms with Crippen LogP contribution in [0.1, 0.15) is 22.3 Å². The second kappa shape index (κ2) is 7.22. The molecule has 2 rings (SSSR count). The molecule has 0 spiro atoms. The highest BCUT2D eigenvalue weighted by Crippen LogP contribution is 2.46. The number of carbonyl (C=O) groups excluding carboxylic acids is 2. The van der Waals surface area contributed by atoms with Gasteiger partial charge in [-0.3, -0.25) is 4.79 Å². The molecule has 142 valence electrons. The van der Waals surface area contributed by atoms with Gasteiger partial charge in [-0.25, -0.2) is 9.59 Å². The number of rotatable bonds is 4. The standard InChI is InChI=1S/C16H17F3N2O5/c1-26-13(24)15(16(17,18)19)6-7-21(9-15)14(25)20-8-10-2-4-11(5-3-10)12(22)23/h2-5H,6-9H2,1H3,(H,20,25)(H,22,23). The number of hydrogen-bond acceptors (Lipinski definition) is 4. The van der Waals surface area contributed by atoms with Crippen molar-refractivity contribution in [3.8, 4) is 0 Å². The number of aromatic carboxylic acids is 1. The second-order valence-corrected chi connectivity index (χ2v) is 5.90. The molecule has 10 heteroatoms. The highest BCUT2D eigenvalue weighted by Gasteiger charge is 2.64. The first-order valence-corrected chi connectivity index (χ1v) is 7.61. The van der Waals surface area contributed by atoms with E-state index < -0.39 is 42.5 Å². The minimum Gasteiger partial charge on any atom is -0.478 e. The van der Waals surface area contributed by atoms with Gasteiger partial charge in [0.2, 0.25) is 0 Å². The van der Waals surface area contributed by atoms with Crippen LogP contribution in [0.5, 0.6) is 0 Å². The minimum atomic E-state index is -4.83. The van der Waals surface area contributed by atoms with Gasteiger partial charge in [0.15, 0.2) is 5.41 Å². The predicted molar refractivity (Wildman–Crippen MR) is 82.3 cm³/mol. The fraction of sp³-hybridized carbons (Fsp3) is 0.438. The van der Waals surface area contributed by atoms with Crippen LogP contribution in [0, 0.1) is 5.41 Å². The van der Waals surface area contributed by atoms with Crippen molar-refractivity contribution < 1.29 is 37.4 Å². The zero-order valence-corrected chi connectivity index (χ0v) is 13.8. The molecule has 1 atom stereocenters. The van der Waals surface area contributed by atoms with Crippen LogP contribution in [0.15, 0.2) is 24.3 Å². The van der Waals surface area contributed by atoms with Crippen LogP contribution in [-0.2, 0) is 16.1 Å². The van der Waals surface area contributed by atoms with Crippen LogP contribution in [0.3, 0.4) is 0 Å². The van der Waals surface area contributed by atoms with Crippen LogP contribution < -0.4 is 5.32 Å². The molecule has 7 nitrogen and oxygen atoms in total. The molecular weight excluding hydrogens is 357 g/mol. The number of carboxylic acid groups (broad SMARTS) is 1. The minimum absolute atomic E-state index is 0.00642. The molecule has 0 radical (unpaired) electrons. The Balaban J connectivity index is 2.00. The summed E-state index contributed by atoms with van der Waals surface area (Å²) in [6, 6.07) is 4.93. The summed E-state index contributed by atoms with van der Waals surface area (Å²) in [6.45, 7) is -1.04. The molecular formula is C16H17F3N2O5. The van der Waals surface area contributed by atoms with Crippen molar-refractivity contribution in [1.29, 1.82) is 0 Å². The summed E-state index contributed by atoms with van der Waals surface area (Å²) >= 11 is 0. The summed E-state index contributed by atoms with van der Waals surface area (Å²) in [6.07, 6.45) is -5.40. The van der Waals surface area contributed by atoms with Gasteiger partial charge in [0.25, 0.3) is 0 Å². The Labute approximate surface area is 146 Å². The lowest BCUT2D eigenvalue weighted by atomic mass is 9.86. The molecule has 1 aromatic rings. The number of benzene rings is 1. The van der Waals surface area contributed by atoms with Crippen molar-refractivity contribution in [1.82, 2.24) is 10.2 Å². The Morgan fingerprint density at radius 3 is 2.38 bits per heavy atom. The van der Waals surface area contributed by atoms with Gasteiger partial charge in [0, 0.05) is 19.6 Å². The zero-order valence-electron chi connectivity index (χ0n) is 13.8. The quantitative estimate of drug-likeness (QED) is 0.786. The van der Waals surface area contributed by atoms with Gasteiger partial charge >= 0.3 is 24.1 Å². The lowest BCUT2D eigenvalue weighted by Crippen LogP contribution is -2.49. The number of nitrogens with zero attached hydrogens (tertiary/aromatic N) is 1. The van der Waals surface area contributed by atoms with Crippen molar-refractivity contribution >= 4 is 18.0 Å². The summed E-state index contributed by atoms with van der Waals surface area (Å²) in [7, 11) is 0.874. The van der Waals surface area contributed by atoms with E-state index >= 15 is 0 Å². The van der Waals surface area contributed by atoms with Gasteiger partial charge in [-0.15, -0.1) is 0 Å². The van der Waals surface area contributed by atoms with E-state index in [1.165, 1.54) is 24.3 Å². The first-order chi connectivity index (χ1) is 12.1. The molecule has 1 aliphatic heterocycles. The third-order valence-corrected chi connectivity index (χ3v) is 4.32. The monoisotopic (exact) mass is 374 g/mol. The third-order valence-electron chi connectivity index (χ3n) is 4.32. The third kappa shape index (κ3) is 3.73. The molecule has 26 heavy (non-hydrogen) atoms. The fourth-order valence-electron chi connectivity index (χ4n) is 2.75. The molecule has 1 heterocycles. The topological polar surface area (TPSA) is 95.9 Å². The average Bonchev–Trinajstić information content (AvgIpc) is 3.06. The van der Waals surface area contributed by atoms with Crippen molar-refractivity contribution in [2.24, 2.45) is 5.41 Å². The number of nitrogens with one attached hydrogen (secondary N) is 1. The summed E-state index contributed by atoms with van der Waals surface area (Å²) in [5.41, 5.74) is -2.06. The SMILES string of the molecule is COC(=O)C1(C(F)(F)F)CCN(C(=O)NCc2ccc(C(=O)O)cc2)C1. The largest absolute Gasteiger partial charge is 0.478 e. The maximum Gasteiger partial charge on any atom is 0.406 e. The number of esters is 1. The molecule has 2 N–H and O–H groups in total. The van der Waals surface area contributed by atoms with Crippen LogP contribution in [0.2, 0.25) is 0 Å². The molecule has 2 amide bonds. The van der Waals surface area contributed by atoms with E-state index in [1.54, 1.807) is 0 Å². The van der Waals surface area contributed by atoms with Gasteiger partial charge < -0.3 is 20.1 Å². The van der Waals surface area contributed by atoms with Crippen LogP contribution >= 0.6 is 0 Å². The highest BCUT2D eigenvalue weighted by molar-refractivity contribution is 5.87. The number of carbonyl (C=O) groups is 3. The number of methoxy groups -OCH3 is 1. The van der Waals surface area contributed by atoms with E-state index in [9.17, 15) is 27.6 Å². The molecule has 1 unspecified atom stereocenters. The van der Waals surface area contributed by atoms with Gasteiger partial charge in [-0.2, -0.15) is 13.2 Å². The number of ether oxygens (including phenoxy) is 1. The molecule has 1 aromatic carbocycles. The summed E-state index contributed by atoms with van der Waals surface area (Å²) < 4.78 is 44.3. The van der Waals surface area contributed by atoms with E-state index in [-0.39, 0.29) is 18.7 Å². The maximum absolute atomic E-state index is 13.3. The Bertz CT molecular complexity index is 705. The van der Waals surface area contributed by atoms with E-state index in [2.05, 4.69) is 10.1 Å². The van der Waals surface area contributed by atoms with Crippen molar-refractivity contribution in [2.45, 2.75) is 19.1 Å². The van der Waals surface area contributed by atoms with E-state index in [1.807, 2.05) is 0 Å². The summed E-state index contributed by atoms with van der Waals surface area (Å²) in [5.74, 6) is -2.51. The van der Waals surface area contributed by atoms with Crippen molar-refractivity contribution in [3.05, 3.63) is 35.4 Å². The first kappa shape index (κ1) is 19.5. The van der Waals surface area contributed by atoms with Crippen LogP contribution in [-0.4, -0.2) is 54.4 Å². The molecule has 0 aromatic heterocycles. The Kier molecular flexibility index (Phi) is 5.43. The highest BCUT2D eigenvalue weighted by atomic mass is 19.4. The van der Waals surface area contributed by atoms with Crippen LogP contribution in [0.4, 0.5) is 18.0 Å². The molecule has 1 fully saturated rings. The molecule has 1 aliphatic rings. The van der Waals surface area contributed by atoms with Gasteiger partial charge in [-0.05, 0) is 24.1 Å². The maximum atomic E-state index is 13.3. The predicted octanol–water partition coefficient (Wildman–Crippen LogP) is 2.02. The lowest BCUT2D eigenvalue weighted by molar-refractivity contribution is -0.228. The Hall–Kier alpha value is -2.78. The number of alkyl halides is 3. The van der Waals surface area contributed by atoms with E-state index in [0.717, 1.165) is 12.0 Å². The number of amides is 2. The average molecular weight is 374 g/mol. The van der Waals surface area contributed by atoms with Gasteiger partial charge in [0.05, 0.1) is 12.7 Å². The van der Waals surface area contributed by atoms with Crippen molar-refractivity contribution in [2.75, 3.05) is 20.2 Å². The van der Waals surface area contributed by atoms with E-state index in [0.29, 0.717) is 5.56 Å². The molecule has 0 saturated carbocycles. The molecule has 0 aliphatic carbocycles. The summed E-state index contributed by atoms with van der Waals surface area (Å²) in [4.78, 5) is 35.5. The Morgan fingerprint density at radius 1 is 1.27 bits per heavy atom. The van der Waals surface area contributed by atoms with E-state index in [4.69, 9.17) is 5.11 Å². The zero-order chi connectivity index (χ0) is 19.5. The number of halogens is 3. The number of likely N-dealkylation sites (tertiary alicyclic amines) is 1. The second-order valence-electron chi connectivity index (χ2n) is 5.90. The fourth-order valence-corrected chi connectivity index (χ4v) is 2.75. The smallest absolute Gasteiger partial charge is 0.406 e. The lowest BCUT2D eigenvalue weighted by Gasteiger charge is -2.28.